The Kier molecular flexibility index (Phi) is 8.51. The number of benzene rings is 1. The van der Waals surface area contributed by atoms with Crippen molar-refractivity contribution in [3.63, 3.8) is 0 Å². The SMILES string of the molecule is C=CCN=c1scc(-c2cc(OC)c(OC)c(OC)c2)n1N=C(C)CCC(C)C. The van der Waals surface area contributed by atoms with Crippen molar-refractivity contribution in [2.24, 2.45) is 16.0 Å². The monoisotopic (exact) mass is 417 g/mol. The molecule has 0 aliphatic carbocycles. The van der Waals surface area contributed by atoms with E-state index in [1.165, 1.54) is 0 Å². The number of thiazole rings is 1. The van der Waals surface area contributed by atoms with Gasteiger partial charge in [-0.1, -0.05) is 19.9 Å². The first-order valence-electron chi connectivity index (χ1n) is 9.61. The van der Waals surface area contributed by atoms with Crippen LogP contribution in [0.3, 0.4) is 0 Å². The lowest BCUT2D eigenvalue weighted by molar-refractivity contribution is 0.324. The first-order valence-corrected chi connectivity index (χ1v) is 10.5. The van der Waals surface area contributed by atoms with E-state index in [1.54, 1.807) is 38.7 Å². The third-order valence-electron chi connectivity index (χ3n) is 4.36. The minimum absolute atomic E-state index is 0.537. The molecule has 0 spiro atoms. The van der Waals surface area contributed by atoms with Gasteiger partial charge in [0.15, 0.2) is 11.5 Å². The second-order valence-electron chi connectivity index (χ2n) is 7.03. The Hall–Kier alpha value is -2.54. The average Bonchev–Trinajstić information content (AvgIpc) is 3.11. The van der Waals surface area contributed by atoms with Gasteiger partial charge < -0.3 is 14.2 Å². The molecule has 6 nitrogen and oxygen atoms in total. The van der Waals surface area contributed by atoms with E-state index in [2.05, 4.69) is 32.3 Å². The fourth-order valence-corrected chi connectivity index (χ4v) is 3.63. The lowest BCUT2D eigenvalue weighted by Gasteiger charge is -2.14. The van der Waals surface area contributed by atoms with Crippen molar-refractivity contribution < 1.29 is 14.2 Å². The van der Waals surface area contributed by atoms with E-state index in [-0.39, 0.29) is 0 Å². The summed E-state index contributed by atoms with van der Waals surface area (Å²) in [6, 6.07) is 3.85. The third-order valence-corrected chi connectivity index (χ3v) is 5.21. The quantitative estimate of drug-likeness (QED) is 0.404. The van der Waals surface area contributed by atoms with Crippen molar-refractivity contribution >= 4 is 17.0 Å². The van der Waals surface area contributed by atoms with Gasteiger partial charge >= 0.3 is 0 Å². The van der Waals surface area contributed by atoms with Crippen LogP contribution in [0.2, 0.25) is 0 Å². The van der Waals surface area contributed by atoms with Crippen molar-refractivity contribution in [1.82, 2.24) is 4.68 Å². The fourth-order valence-electron chi connectivity index (χ4n) is 2.79. The number of rotatable bonds is 10. The van der Waals surface area contributed by atoms with Gasteiger partial charge in [-0.05, 0) is 37.8 Å². The van der Waals surface area contributed by atoms with E-state index in [0.717, 1.165) is 34.6 Å². The zero-order valence-corrected chi connectivity index (χ0v) is 19.0. The highest BCUT2D eigenvalue weighted by Gasteiger charge is 2.17. The van der Waals surface area contributed by atoms with Gasteiger partial charge in [0.2, 0.25) is 10.6 Å². The standard InChI is InChI=1S/C22H31N3O3S/c1-8-11-23-22-25(24-16(4)10-9-15(2)3)18(14-29-22)17-12-19(26-5)21(28-7)20(13-17)27-6/h8,12-15H,1,9-11H2,2-7H3. The molecule has 0 amide bonds. The molecule has 0 fully saturated rings. The van der Waals surface area contributed by atoms with Gasteiger partial charge in [0.1, 0.15) is 0 Å². The van der Waals surface area contributed by atoms with Crippen LogP contribution in [0.25, 0.3) is 11.3 Å². The molecule has 0 aliphatic rings. The van der Waals surface area contributed by atoms with Gasteiger partial charge in [0.25, 0.3) is 0 Å². The molecule has 1 heterocycles. The highest BCUT2D eigenvalue weighted by molar-refractivity contribution is 7.07. The van der Waals surface area contributed by atoms with Gasteiger partial charge in [-0.2, -0.15) is 5.10 Å². The van der Waals surface area contributed by atoms with Gasteiger partial charge in [0, 0.05) is 16.7 Å². The predicted octanol–water partition coefficient (Wildman–Crippen LogP) is 4.99. The molecular weight excluding hydrogens is 386 g/mol. The van der Waals surface area contributed by atoms with Crippen LogP contribution in [0.5, 0.6) is 17.2 Å². The Morgan fingerprint density at radius 3 is 2.34 bits per heavy atom. The highest BCUT2D eigenvalue weighted by atomic mass is 32.1. The molecule has 2 rings (SSSR count). The van der Waals surface area contributed by atoms with Gasteiger partial charge in [-0.3, -0.25) is 4.99 Å². The fraction of sp³-hybridized carbons (Fsp3) is 0.455. The summed E-state index contributed by atoms with van der Waals surface area (Å²) in [6.45, 7) is 10.8. The molecule has 0 atom stereocenters. The highest BCUT2D eigenvalue weighted by Crippen LogP contribution is 2.41. The zero-order chi connectivity index (χ0) is 21.4. The molecule has 158 valence electrons. The molecular formula is C22H31N3O3S. The Morgan fingerprint density at radius 1 is 1.17 bits per heavy atom. The van der Waals surface area contributed by atoms with Crippen molar-refractivity contribution in [3.05, 3.63) is 35.0 Å². The number of hydrogen-bond acceptors (Lipinski definition) is 6. The van der Waals surface area contributed by atoms with Crippen molar-refractivity contribution in [2.45, 2.75) is 33.6 Å². The van der Waals surface area contributed by atoms with E-state index >= 15 is 0 Å². The molecule has 0 saturated carbocycles. The minimum atomic E-state index is 0.537. The van der Waals surface area contributed by atoms with Crippen molar-refractivity contribution in [2.75, 3.05) is 27.9 Å². The van der Waals surface area contributed by atoms with Crippen LogP contribution in [0, 0.1) is 5.92 Å². The van der Waals surface area contributed by atoms with Crippen LogP contribution in [0.1, 0.15) is 33.6 Å². The van der Waals surface area contributed by atoms with Crippen molar-refractivity contribution in [3.8, 4) is 28.5 Å². The van der Waals surface area contributed by atoms with Gasteiger partial charge in [0.05, 0.1) is 33.6 Å². The van der Waals surface area contributed by atoms with Gasteiger partial charge in [-0.15, -0.1) is 17.9 Å². The van der Waals surface area contributed by atoms with E-state index in [9.17, 15) is 0 Å². The van der Waals surface area contributed by atoms with E-state index in [1.807, 2.05) is 22.2 Å². The lowest BCUT2D eigenvalue weighted by atomic mass is 10.1. The summed E-state index contributed by atoms with van der Waals surface area (Å²) < 4.78 is 18.4. The molecule has 0 radical (unpaired) electrons. The number of nitrogens with zero attached hydrogens (tertiary/aromatic N) is 3. The van der Waals surface area contributed by atoms with E-state index in [0.29, 0.717) is 29.7 Å². The Labute approximate surface area is 177 Å². The van der Waals surface area contributed by atoms with E-state index < -0.39 is 0 Å². The average molecular weight is 418 g/mol. The Morgan fingerprint density at radius 2 is 1.83 bits per heavy atom. The maximum Gasteiger partial charge on any atom is 0.206 e. The summed E-state index contributed by atoms with van der Waals surface area (Å²) in [4.78, 5) is 5.42. The topological polar surface area (TPSA) is 57.3 Å². The summed E-state index contributed by atoms with van der Waals surface area (Å²) >= 11 is 1.54. The lowest BCUT2D eigenvalue weighted by Crippen LogP contribution is -2.14. The number of methoxy groups -OCH3 is 3. The first kappa shape index (κ1) is 22.7. The molecule has 0 unspecified atom stereocenters. The van der Waals surface area contributed by atoms with Crippen LogP contribution in [0.4, 0.5) is 0 Å². The molecule has 0 bridgehead atoms. The smallest absolute Gasteiger partial charge is 0.206 e. The zero-order valence-electron chi connectivity index (χ0n) is 18.2. The number of ether oxygens (including phenoxy) is 3. The molecule has 7 heteroatoms. The molecule has 2 aromatic rings. The first-order chi connectivity index (χ1) is 13.9. The summed E-state index contributed by atoms with van der Waals surface area (Å²) in [6.07, 6.45) is 3.81. The minimum Gasteiger partial charge on any atom is -0.493 e. The summed E-state index contributed by atoms with van der Waals surface area (Å²) in [5.74, 6) is 2.40. The van der Waals surface area contributed by atoms with Crippen LogP contribution in [-0.2, 0) is 0 Å². The largest absolute Gasteiger partial charge is 0.493 e. The maximum atomic E-state index is 5.52. The predicted molar refractivity (Wildman–Crippen MR) is 121 cm³/mol. The summed E-state index contributed by atoms with van der Waals surface area (Å²) in [5, 5.41) is 6.92. The van der Waals surface area contributed by atoms with E-state index in [4.69, 9.17) is 19.3 Å². The molecule has 0 aliphatic heterocycles. The Balaban J connectivity index is 2.63. The molecule has 29 heavy (non-hydrogen) atoms. The second kappa shape index (κ2) is 10.9. The number of hydrogen-bond donors (Lipinski definition) is 0. The van der Waals surface area contributed by atoms with Crippen LogP contribution < -0.4 is 19.0 Å². The maximum absolute atomic E-state index is 5.52. The molecule has 1 aromatic heterocycles. The molecule has 0 N–H and O–H groups in total. The molecule has 1 aromatic carbocycles. The van der Waals surface area contributed by atoms with Crippen LogP contribution >= 0.6 is 11.3 Å². The van der Waals surface area contributed by atoms with Gasteiger partial charge in [-0.25, -0.2) is 4.68 Å². The molecule has 0 saturated heterocycles. The Bertz CT molecular complexity index is 901. The summed E-state index contributed by atoms with van der Waals surface area (Å²) in [7, 11) is 4.82. The van der Waals surface area contributed by atoms with Crippen LogP contribution in [0.15, 0.2) is 40.3 Å². The van der Waals surface area contributed by atoms with Crippen molar-refractivity contribution in [1.29, 1.82) is 0 Å². The van der Waals surface area contributed by atoms with Crippen LogP contribution in [-0.4, -0.2) is 38.3 Å². The second-order valence-corrected chi connectivity index (χ2v) is 7.86. The summed E-state index contributed by atoms with van der Waals surface area (Å²) in [5.41, 5.74) is 2.89. The normalized spacial score (nSPS) is 12.4. The third kappa shape index (κ3) is 5.73. The number of aromatic nitrogens is 1.